The summed E-state index contributed by atoms with van der Waals surface area (Å²) < 4.78 is 5.28. The SMILES string of the molecule is CCC(Cc1ccc(OC)cc1Cl)C(c1nccc2[nH]cnc12)C1CC1. The number of aromatic nitrogens is 3. The third kappa shape index (κ3) is 3.30. The van der Waals surface area contributed by atoms with Gasteiger partial charge >= 0.3 is 0 Å². The lowest BCUT2D eigenvalue weighted by Crippen LogP contribution is -2.19. The molecule has 0 spiro atoms. The first-order valence-corrected chi connectivity index (χ1v) is 9.69. The lowest BCUT2D eigenvalue weighted by Gasteiger charge is -2.27. The molecule has 0 amide bonds. The van der Waals surface area contributed by atoms with Crippen LogP contribution in [0.5, 0.6) is 5.75 Å². The van der Waals surface area contributed by atoms with Gasteiger partial charge in [0.15, 0.2) is 0 Å². The smallest absolute Gasteiger partial charge is 0.120 e. The maximum Gasteiger partial charge on any atom is 0.120 e. The van der Waals surface area contributed by atoms with Gasteiger partial charge in [-0.15, -0.1) is 0 Å². The Kier molecular flexibility index (Phi) is 4.86. The minimum absolute atomic E-state index is 0.421. The molecule has 0 radical (unpaired) electrons. The third-order valence-electron chi connectivity index (χ3n) is 5.59. The molecule has 5 heteroatoms. The summed E-state index contributed by atoms with van der Waals surface area (Å²) in [5.74, 6) is 2.41. The molecule has 2 unspecified atom stereocenters. The molecule has 1 saturated carbocycles. The summed E-state index contributed by atoms with van der Waals surface area (Å²) in [6.07, 6.45) is 8.26. The fourth-order valence-electron chi connectivity index (χ4n) is 4.05. The van der Waals surface area contributed by atoms with Crippen LogP contribution in [-0.4, -0.2) is 22.1 Å². The molecule has 2 atom stereocenters. The lowest BCUT2D eigenvalue weighted by atomic mass is 9.79. The Bertz CT molecular complexity index is 903. The molecule has 1 aromatic carbocycles. The van der Waals surface area contributed by atoms with Crippen LogP contribution in [0.4, 0.5) is 0 Å². The zero-order valence-corrected chi connectivity index (χ0v) is 16.0. The van der Waals surface area contributed by atoms with E-state index in [1.807, 2.05) is 24.4 Å². The predicted octanol–water partition coefficient (Wildman–Crippen LogP) is 5.38. The fourth-order valence-corrected chi connectivity index (χ4v) is 4.30. The van der Waals surface area contributed by atoms with E-state index in [0.717, 1.165) is 40.3 Å². The number of benzene rings is 1. The zero-order valence-electron chi connectivity index (χ0n) is 15.2. The van der Waals surface area contributed by atoms with E-state index < -0.39 is 0 Å². The van der Waals surface area contributed by atoms with Gasteiger partial charge < -0.3 is 9.72 Å². The van der Waals surface area contributed by atoms with Crippen LogP contribution in [0.3, 0.4) is 0 Å². The van der Waals surface area contributed by atoms with E-state index in [0.29, 0.717) is 17.8 Å². The van der Waals surface area contributed by atoms with Crippen LogP contribution in [0.25, 0.3) is 11.0 Å². The minimum Gasteiger partial charge on any atom is -0.497 e. The minimum atomic E-state index is 0.421. The summed E-state index contributed by atoms with van der Waals surface area (Å²) in [6.45, 7) is 2.27. The Morgan fingerprint density at radius 1 is 1.27 bits per heavy atom. The van der Waals surface area contributed by atoms with Crippen LogP contribution in [-0.2, 0) is 6.42 Å². The van der Waals surface area contributed by atoms with Crippen molar-refractivity contribution in [1.29, 1.82) is 0 Å². The van der Waals surface area contributed by atoms with Crippen LogP contribution in [0.1, 0.15) is 43.4 Å². The van der Waals surface area contributed by atoms with Crippen LogP contribution in [0, 0.1) is 11.8 Å². The van der Waals surface area contributed by atoms with Crippen molar-refractivity contribution in [2.24, 2.45) is 11.8 Å². The van der Waals surface area contributed by atoms with Gasteiger partial charge in [0.05, 0.1) is 24.6 Å². The highest BCUT2D eigenvalue weighted by atomic mass is 35.5. The molecule has 136 valence electrons. The van der Waals surface area contributed by atoms with Crippen molar-refractivity contribution in [3.05, 3.63) is 53.1 Å². The van der Waals surface area contributed by atoms with Crippen LogP contribution >= 0.6 is 11.6 Å². The molecule has 2 heterocycles. The molecule has 3 aromatic rings. The highest BCUT2D eigenvalue weighted by Gasteiger charge is 2.39. The number of aromatic amines is 1. The van der Waals surface area contributed by atoms with E-state index in [9.17, 15) is 0 Å². The van der Waals surface area contributed by atoms with Crippen molar-refractivity contribution in [3.63, 3.8) is 0 Å². The molecule has 1 aliphatic carbocycles. The summed E-state index contributed by atoms with van der Waals surface area (Å²) >= 11 is 6.52. The average Bonchev–Trinajstić information content (AvgIpc) is 3.37. The van der Waals surface area contributed by atoms with Crippen molar-refractivity contribution >= 4 is 22.6 Å². The van der Waals surface area contributed by atoms with E-state index in [2.05, 4.69) is 23.0 Å². The lowest BCUT2D eigenvalue weighted by molar-refractivity contribution is 0.367. The summed E-state index contributed by atoms with van der Waals surface area (Å²) in [5.41, 5.74) is 4.41. The Labute approximate surface area is 159 Å². The van der Waals surface area contributed by atoms with E-state index in [1.54, 1.807) is 13.4 Å². The molecule has 0 bridgehead atoms. The Hall–Kier alpha value is -2.07. The van der Waals surface area contributed by atoms with Gasteiger partial charge in [-0.05, 0) is 54.9 Å². The van der Waals surface area contributed by atoms with Crippen LogP contribution < -0.4 is 4.74 Å². The molecule has 26 heavy (non-hydrogen) atoms. The molecular weight excluding hydrogens is 346 g/mol. The third-order valence-corrected chi connectivity index (χ3v) is 5.94. The molecule has 1 N–H and O–H groups in total. The van der Waals surface area contributed by atoms with Gasteiger partial charge in [0.1, 0.15) is 11.3 Å². The number of rotatable bonds is 7. The maximum absolute atomic E-state index is 6.52. The van der Waals surface area contributed by atoms with Gasteiger partial charge in [-0.1, -0.05) is 31.0 Å². The molecular formula is C21H24ClN3O. The van der Waals surface area contributed by atoms with Crippen molar-refractivity contribution in [2.75, 3.05) is 7.11 Å². The number of hydrogen-bond acceptors (Lipinski definition) is 3. The van der Waals surface area contributed by atoms with Gasteiger partial charge in [-0.2, -0.15) is 0 Å². The topological polar surface area (TPSA) is 50.8 Å². The Morgan fingerprint density at radius 3 is 2.81 bits per heavy atom. The number of nitrogens with one attached hydrogen (secondary N) is 1. The van der Waals surface area contributed by atoms with E-state index >= 15 is 0 Å². The zero-order chi connectivity index (χ0) is 18.1. The Balaban J connectivity index is 1.68. The normalized spacial score (nSPS) is 16.6. The molecule has 1 aliphatic rings. The summed E-state index contributed by atoms with van der Waals surface area (Å²) in [5, 5.41) is 0.781. The van der Waals surface area contributed by atoms with Gasteiger partial charge in [0.25, 0.3) is 0 Å². The van der Waals surface area contributed by atoms with Crippen LogP contribution in [0.15, 0.2) is 36.8 Å². The number of imidazole rings is 1. The second-order valence-corrected chi connectivity index (χ2v) is 7.60. The molecule has 2 aromatic heterocycles. The van der Waals surface area contributed by atoms with Gasteiger partial charge in [-0.3, -0.25) is 4.98 Å². The number of halogens is 1. The predicted molar refractivity (Wildman–Crippen MR) is 105 cm³/mol. The van der Waals surface area contributed by atoms with E-state index in [-0.39, 0.29) is 0 Å². The number of methoxy groups -OCH3 is 1. The molecule has 1 fully saturated rings. The van der Waals surface area contributed by atoms with Crippen molar-refractivity contribution in [3.8, 4) is 5.75 Å². The van der Waals surface area contributed by atoms with Crippen molar-refractivity contribution < 1.29 is 4.74 Å². The van der Waals surface area contributed by atoms with Gasteiger partial charge in [0, 0.05) is 17.1 Å². The summed E-state index contributed by atoms with van der Waals surface area (Å²) in [4.78, 5) is 12.5. The number of pyridine rings is 1. The molecule has 0 aliphatic heterocycles. The molecule has 4 rings (SSSR count). The summed E-state index contributed by atoms with van der Waals surface area (Å²) in [7, 11) is 1.67. The van der Waals surface area contributed by atoms with Crippen molar-refractivity contribution in [1.82, 2.24) is 15.0 Å². The highest BCUT2D eigenvalue weighted by molar-refractivity contribution is 6.31. The van der Waals surface area contributed by atoms with E-state index in [1.165, 1.54) is 18.4 Å². The van der Waals surface area contributed by atoms with Crippen molar-refractivity contribution in [2.45, 2.75) is 38.5 Å². The second kappa shape index (κ2) is 7.28. The Morgan fingerprint density at radius 2 is 2.12 bits per heavy atom. The van der Waals surface area contributed by atoms with Gasteiger partial charge in [-0.25, -0.2) is 4.98 Å². The van der Waals surface area contributed by atoms with E-state index in [4.69, 9.17) is 21.3 Å². The fraction of sp³-hybridized carbons (Fsp3) is 0.429. The largest absolute Gasteiger partial charge is 0.497 e. The van der Waals surface area contributed by atoms with Crippen LogP contribution in [0.2, 0.25) is 5.02 Å². The standard InChI is InChI=1S/C21H24ClN3O/c1-3-13(10-15-6-7-16(26-2)11-17(15)22)19(14-4-5-14)21-20-18(8-9-23-21)24-12-25-20/h6-9,11-14,19H,3-5,10H2,1-2H3,(H,24,25). The van der Waals surface area contributed by atoms with Gasteiger partial charge in [0.2, 0.25) is 0 Å². The second-order valence-electron chi connectivity index (χ2n) is 7.19. The first kappa shape index (κ1) is 17.3. The number of nitrogens with zero attached hydrogens (tertiary/aromatic N) is 2. The molecule has 4 nitrogen and oxygen atoms in total. The summed E-state index contributed by atoms with van der Waals surface area (Å²) in [6, 6.07) is 7.99. The molecule has 0 saturated heterocycles. The highest BCUT2D eigenvalue weighted by Crippen LogP contribution is 2.49. The maximum atomic E-state index is 6.52. The number of fused-ring (bicyclic) bond motifs is 1. The number of H-pyrrole nitrogens is 1. The first-order chi connectivity index (χ1) is 12.7. The monoisotopic (exact) mass is 369 g/mol. The first-order valence-electron chi connectivity index (χ1n) is 9.31. The number of hydrogen-bond donors (Lipinski definition) is 1. The number of ether oxygens (including phenoxy) is 1. The quantitative estimate of drug-likeness (QED) is 0.608. The average molecular weight is 370 g/mol.